The summed E-state index contributed by atoms with van der Waals surface area (Å²) in [5.41, 5.74) is 0.289. The van der Waals surface area contributed by atoms with Gasteiger partial charge in [-0.05, 0) is 55.5 Å². The highest BCUT2D eigenvalue weighted by atomic mass is 32.2. The smallest absolute Gasteiger partial charge is 0.247 e. The van der Waals surface area contributed by atoms with Crippen LogP contribution >= 0.6 is 0 Å². The number of hydrogen-bond donors (Lipinski definition) is 1. The number of rotatable bonds is 8. The zero-order valence-electron chi connectivity index (χ0n) is 19.7. The molecule has 3 rings (SSSR count). The third-order valence-electron chi connectivity index (χ3n) is 6.02. The van der Waals surface area contributed by atoms with Gasteiger partial charge in [0.25, 0.3) is 0 Å². The zero-order valence-corrected chi connectivity index (χ0v) is 20.6. The maximum absolute atomic E-state index is 13.4. The fourth-order valence-corrected chi connectivity index (χ4v) is 5.53. The van der Waals surface area contributed by atoms with Crippen molar-refractivity contribution in [3.8, 4) is 0 Å². The maximum Gasteiger partial charge on any atom is 0.247 e. The average molecular weight is 472 g/mol. The van der Waals surface area contributed by atoms with E-state index in [9.17, 15) is 18.0 Å². The SMILES string of the molecule is CCc1ccc(N2C(=O)CN(S(=O)(=O)c3ccccc3)C[C@]2(C)C(=O)NCCC(C)C)cc1. The molecule has 8 heteroatoms. The van der Waals surface area contributed by atoms with E-state index in [1.807, 2.05) is 31.2 Å². The fraction of sp³-hybridized carbons (Fsp3) is 0.440. The standard InChI is InChI=1S/C25H33N3O4S/c1-5-20-11-13-21(14-12-20)28-23(29)17-27(33(31,32)22-9-7-6-8-10-22)18-25(28,4)24(30)26-16-15-19(2)3/h6-14,19H,5,15-18H2,1-4H3,(H,26,30)/t25-/m1/s1. The van der Waals surface area contributed by atoms with Crippen molar-refractivity contribution in [1.82, 2.24) is 9.62 Å². The third-order valence-corrected chi connectivity index (χ3v) is 7.82. The van der Waals surface area contributed by atoms with Crippen LogP contribution in [0.5, 0.6) is 0 Å². The first kappa shape index (κ1) is 24.9. The largest absolute Gasteiger partial charge is 0.354 e. The quantitative estimate of drug-likeness (QED) is 0.641. The van der Waals surface area contributed by atoms with E-state index in [0.717, 1.165) is 22.7 Å². The molecule has 1 aliphatic heterocycles. The second-order valence-electron chi connectivity index (χ2n) is 9.05. The van der Waals surface area contributed by atoms with Gasteiger partial charge in [-0.15, -0.1) is 0 Å². The lowest BCUT2D eigenvalue weighted by atomic mass is 9.94. The molecule has 7 nitrogen and oxygen atoms in total. The van der Waals surface area contributed by atoms with E-state index >= 15 is 0 Å². The number of carbonyl (C=O) groups is 2. The van der Waals surface area contributed by atoms with Crippen LogP contribution in [0.15, 0.2) is 59.5 Å². The molecule has 0 unspecified atom stereocenters. The lowest BCUT2D eigenvalue weighted by Gasteiger charge is -2.46. The van der Waals surface area contributed by atoms with Gasteiger partial charge in [-0.25, -0.2) is 8.42 Å². The van der Waals surface area contributed by atoms with Crippen LogP contribution in [0.3, 0.4) is 0 Å². The minimum Gasteiger partial charge on any atom is -0.354 e. The summed E-state index contributed by atoms with van der Waals surface area (Å²) < 4.78 is 27.7. The normalized spacial score (nSPS) is 19.7. The summed E-state index contributed by atoms with van der Waals surface area (Å²) in [7, 11) is -3.94. The highest BCUT2D eigenvalue weighted by Gasteiger charge is 2.51. The van der Waals surface area contributed by atoms with Crippen molar-refractivity contribution in [3.63, 3.8) is 0 Å². The van der Waals surface area contributed by atoms with E-state index < -0.39 is 21.5 Å². The van der Waals surface area contributed by atoms with Crippen LogP contribution in [-0.2, 0) is 26.0 Å². The Balaban J connectivity index is 1.99. The Labute approximate surface area is 196 Å². The number of amides is 2. The Morgan fingerprint density at radius 2 is 1.73 bits per heavy atom. The summed E-state index contributed by atoms with van der Waals surface area (Å²) in [6.45, 7) is 7.78. The van der Waals surface area contributed by atoms with Gasteiger partial charge in [0.05, 0.1) is 11.4 Å². The molecular weight excluding hydrogens is 438 g/mol. The van der Waals surface area contributed by atoms with Crippen molar-refractivity contribution >= 4 is 27.5 Å². The summed E-state index contributed by atoms with van der Waals surface area (Å²) in [4.78, 5) is 28.4. The lowest BCUT2D eigenvalue weighted by Crippen LogP contribution is -2.70. The molecule has 0 saturated carbocycles. The number of nitrogens with zero attached hydrogens (tertiary/aromatic N) is 2. The van der Waals surface area contributed by atoms with E-state index in [0.29, 0.717) is 18.2 Å². The average Bonchev–Trinajstić information content (AvgIpc) is 2.79. The van der Waals surface area contributed by atoms with Crippen molar-refractivity contribution in [3.05, 3.63) is 60.2 Å². The van der Waals surface area contributed by atoms with Crippen molar-refractivity contribution in [2.75, 3.05) is 24.5 Å². The second kappa shape index (κ2) is 10.1. The molecule has 1 saturated heterocycles. The van der Waals surface area contributed by atoms with Crippen LogP contribution in [0.4, 0.5) is 5.69 Å². The van der Waals surface area contributed by atoms with Crippen molar-refractivity contribution in [2.45, 2.75) is 51.0 Å². The summed E-state index contributed by atoms with van der Waals surface area (Å²) in [6, 6.07) is 15.5. The first-order valence-corrected chi connectivity index (χ1v) is 12.8. The molecule has 1 atom stereocenters. The maximum atomic E-state index is 13.4. The number of aryl methyl sites for hydroxylation is 1. The second-order valence-corrected chi connectivity index (χ2v) is 11.0. The molecule has 0 aliphatic carbocycles. The summed E-state index contributed by atoms with van der Waals surface area (Å²) in [6.07, 6.45) is 1.64. The van der Waals surface area contributed by atoms with Gasteiger partial charge in [0, 0.05) is 18.8 Å². The van der Waals surface area contributed by atoms with Gasteiger partial charge < -0.3 is 5.32 Å². The molecular formula is C25H33N3O4S. The Bertz CT molecular complexity index is 1080. The molecule has 2 amide bonds. The van der Waals surface area contributed by atoms with Crippen molar-refractivity contribution in [2.24, 2.45) is 5.92 Å². The molecule has 2 aromatic rings. The van der Waals surface area contributed by atoms with Crippen LogP contribution in [0.1, 0.15) is 39.7 Å². The first-order valence-electron chi connectivity index (χ1n) is 11.3. The molecule has 178 valence electrons. The van der Waals surface area contributed by atoms with Gasteiger partial charge in [0.1, 0.15) is 5.54 Å². The van der Waals surface area contributed by atoms with Gasteiger partial charge in [0.2, 0.25) is 21.8 Å². The Hall–Kier alpha value is -2.71. The summed E-state index contributed by atoms with van der Waals surface area (Å²) in [5, 5.41) is 2.92. The van der Waals surface area contributed by atoms with E-state index in [2.05, 4.69) is 19.2 Å². The highest BCUT2D eigenvalue weighted by Crippen LogP contribution is 2.32. The molecule has 0 bridgehead atoms. The molecule has 0 spiro atoms. The fourth-order valence-electron chi connectivity index (χ4n) is 4.03. The molecule has 0 radical (unpaired) electrons. The van der Waals surface area contributed by atoms with Crippen LogP contribution in [-0.4, -0.2) is 49.7 Å². The van der Waals surface area contributed by atoms with Gasteiger partial charge in [0.15, 0.2) is 0 Å². The number of sulfonamides is 1. The molecule has 2 aromatic carbocycles. The number of hydrogen-bond acceptors (Lipinski definition) is 4. The first-order chi connectivity index (χ1) is 15.6. The molecule has 1 N–H and O–H groups in total. The Morgan fingerprint density at radius 3 is 2.30 bits per heavy atom. The number of benzene rings is 2. The van der Waals surface area contributed by atoms with Crippen molar-refractivity contribution < 1.29 is 18.0 Å². The van der Waals surface area contributed by atoms with Crippen LogP contribution in [0.25, 0.3) is 0 Å². The van der Waals surface area contributed by atoms with Gasteiger partial charge in [-0.2, -0.15) is 4.31 Å². The minimum atomic E-state index is -3.94. The molecule has 1 fully saturated rings. The van der Waals surface area contributed by atoms with Gasteiger partial charge in [-0.3, -0.25) is 14.5 Å². The number of nitrogens with one attached hydrogen (secondary N) is 1. The monoisotopic (exact) mass is 471 g/mol. The lowest BCUT2D eigenvalue weighted by molar-refractivity contribution is -0.132. The predicted molar refractivity (Wildman–Crippen MR) is 129 cm³/mol. The third kappa shape index (κ3) is 5.28. The van der Waals surface area contributed by atoms with E-state index in [1.165, 1.54) is 17.0 Å². The number of anilines is 1. The van der Waals surface area contributed by atoms with Crippen LogP contribution in [0, 0.1) is 5.92 Å². The van der Waals surface area contributed by atoms with E-state index in [1.54, 1.807) is 25.1 Å². The summed E-state index contributed by atoms with van der Waals surface area (Å²) in [5.74, 6) is -0.408. The minimum absolute atomic E-state index is 0.0983. The predicted octanol–water partition coefficient (Wildman–Crippen LogP) is 3.21. The van der Waals surface area contributed by atoms with Crippen molar-refractivity contribution in [1.29, 1.82) is 0 Å². The van der Waals surface area contributed by atoms with Gasteiger partial charge >= 0.3 is 0 Å². The van der Waals surface area contributed by atoms with Crippen LogP contribution in [0.2, 0.25) is 0 Å². The Morgan fingerprint density at radius 1 is 1.09 bits per heavy atom. The number of carbonyl (C=O) groups excluding carboxylic acids is 2. The molecule has 1 aliphatic rings. The zero-order chi connectivity index (χ0) is 24.2. The molecule has 1 heterocycles. The topological polar surface area (TPSA) is 86.8 Å². The Kier molecular flexibility index (Phi) is 7.59. The summed E-state index contributed by atoms with van der Waals surface area (Å²) >= 11 is 0. The van der Waals surface area contributed by atoms with Crippen LogP contribution < -0.4 is 10.2 Å². The van der Waals surface area contributed by atoms with E-state index in [4.69, 9.17) is 0 Å². The molecule has 0 aromatic heterocycles. The highest BCUT2D eigenvalue weighted by molar-refractivity contribution is 7.89. The number of piperazine rings is 1. The molecule has 33 heavy (non-hydrogen) atoms. The van der Waals surface area contributed by atoms with Gasteiger partial charge in [-0.1, -0.05) is 51.1 Å². The van der Waals surface area contributed by atoms with E-state index in [-0.39, 0.29) is 23.9 Å².